The van der Waals surface area contributed by atoms with Crippen molar-refractivity contribution in [2.75, 3.05) is 5.75 Å². The van der Waals surface area contributed by atoms with Gasteiger partial charge in [-0.25, -0.2) is 0 Å². The highest BCUT2D eigenvalue weighted by Gasteiger charge is 2.12. The molecule has 0 atom stereocenters. The fourth-order valence-corrected chi connectivity index (χ4v) is 2.77. The third-order valence-electron chi connectivity index (χ3n) is 2.82. The van der Waals surface area contributed by atoms with Crippen LogP contribution in [0.3, 0.4) is 0 Å². The Labute approximate surface area is 117 Å². The van der Waals surface area contributed by atoms with Gasteiger partial charge in [-0.15, -0.1) is 10.2 Å². The van der Waals surface area contributed by atoms with Crippen LogP contribution >= 0.6 is 11.8 Å². The van der Waals surface area contributed by atoms with Gasteiger partial charge in [0.2, 0.25) is 0 Å². The molecule has 0 radical (unpaired) electrons. The molecule has 98 valence electrons. The molecule has 0 saturated heterocycles. The number of benzene rings is 1. The van der Waals surface area contributed by atoms with Crippen molar-refractivity contribution in [2.24, 2.45) is 0 Å². The summed E-state index contributed by atoms with van der Waals surface area (Å²) in [5.41, 5.74) is 2.32. The summed E-state index contributed by atoms with van der Waals surface area (Å²) in [6.07, 6.45) is 1.46. The summed E-state index contributed by atoms with van der Waals surface area (Å²) < 4.78 is 2.08. The van der Waals surface area contributed by atoms with Gasteiger partial charge in [-0.2, -0.15) is 5.26 Å². The monoisotopic (exact) mass is 272 g/mol. The molecular weight excluding hydrogens is 256 g/mol. The maximum atomic E-state index is 8.54. The number of rotatable bonds is 5. The van der Waals surface area contributed by atoms with Crippen molar-refractivity contribution in [2.45, 2.75) is 31.8 Å². The molecule has 0 aliphatic carbocycles. The predicted molar refractivity (Wildman–Crippen MR) is 76.4 cm³/mol. The lowest BCUT2D eigenvalue weighted by molar-refractivity contribution is 0.858. The molecule has 0 fully saturated rings. The molecule has 1 heterocycles. The van der Waals surface area contributed by atoms with E-state index in [9.17, 15) is 0 Å². The number of para-hydroxylation sites is 1. The van der Waals surface area contributed by atoms with Crippen molar-refractivity contribution in [3.63, 3.8) is 0 Å². The van der Waals surface area contributed by atoms with Crippen LogP contribution in [-0.4, -0.2) is 20.5 Å². The summed E-state index contributed by atoms with van der Waals surface area (Å²) in [6.45, 7) is 4.04. The molecule has 2 rings (SSSR count). The topological polar surface area (TPSA) is 54.5 Å². The van der Waals surface area contributed by atoms with Crippen molar-refractivity contribution >= 4 is 11.8 Å². The first-order chi connectivity index (χ1) is 9.24. The third kappa shape index (κ3) is 3.15. The smallest absolute Gasteiger partial charge is 0.195 e. The average Bonchev–Trinajstić information content (AvgIpc) is 2.77. The Balaban J connectivity index is 2.24. The summed E-state index contributed by atoms with van der Waals surface area (Å²) in [4.78, 5) is 0. The lowest BCUT2D eigenvalue weighted by atomic mass is 10.2. The fraction of sp³-hybridized carbons (Fsp3) is 0.357. The molecular formula is C14H16N4S. The standard InChI is InChI=1S/C14H16N4S/c1-11-7-3-4-8-13(11)18-12(2)16-17-14(18)19-10-6-5-9-15/h3-4,7-8H,5-6,10H2,1-2H3. The molecule has 0 N–H and O–H groups in total. The molecule has 0 unspecified atom stereocenters. The number of unbranched alkanes of at least 4 members (excludes halogenated alkanes) is 1. The highest BCUT2D eigenvalue weighted by molar-refractivity contribution is 7.99. The maximum absolute atomic E-state index is 8.54. The van der Waals surface area contributed by atoms with Gasteiger partial charge in [-0.05, 0) is 31.9 Å². The Morgan fingerprint density at radius 3 is 2.79 bits per heavy atom. The van der Waals surface area contributed by atoms with Crippen LogP contribution in [-0.2, 0) is 0 Å². The van der Waals surface area contributed by atoms with Gasteiger partial charge in [0, 0.05) is 12.2 Å². The first-order valence-electron chi connectivity index (χ1n) is 6.22. The van der Waals surface area contributed by atoms with Crippen molar-refractivity contribution in [3.8, 4) is 11.8 Å². The van der Waals surface area contributed by atoms with Gasteiger partial charge in [-0.3, -0.25) is 4.57 Å². The Kier molecular flexibility index (Phi) is 4.58. The van der Waals surface area contributed by atoms with E-state index in [4.69, 9.17) is 5.26 Å². The first-order valence-corrected chi connectivity index (χ1v) is 7.20. The molecule has 2 aromatic rings. The lowest BCUT2D eigenvalue weighted by Crippen LogP contribution is -2.01. The first kappa shape index (κ1) is 13.6. The van der Waals surface area contributed by atoms with E-state index in [-0.39, 0.29) is 0 Å². The van der Waals surface area contributed by atoms with E-state index < -0.39 is 0 Å². The Morgan fingerprint density at radius 1 is 1.26 bits per heavy atom. The zero-order valence-corrected chi connectivity index (χ0v) is 11.9. The van der Waals surface area contributed by atoms with Crippen molar-refractivity contribution in [1.29, 1.82) is 5.26 Å². The fourth-order valence-electron chi connectivity index (χ4n) is 1.84. The molecule has 0 amide bonds. The number of aryl methyl sites for hydroxylation is 2. The molecule has 0 saturated carbocycles. The molecule has 0 aliphatic rings. The van der Waals surface area contributed by atoms with E-state index in [0.717, 1.165) is 28.8 Å². The van der Waals surface area contributed by atoms with Crippen LogP contribution in [0.4, 0.5) is 0 Å². The number of aromatic nitrogens is 3. The number of nitriles is 1. The minimum atomic E-state index is 0.588. The quantitative estimate of drug-likeness (QED) is 0.619. The van der Waals surface area contributed by atoms with Gasteiger partial charge in [0.1, 0.15) is 5.82 Å². The number of nitrogens with zero attached hydrogens (tertiary/aromatic N) is 4. The van der Waals surface area contributed by atoms with E-state index in [1.165, 1.54) is 5.56 Å². The SMILES string of the molecule is Cc1ccccc1-n1c(C)nnc1SCCCC#N. The lowest BCUT2D eigenvalue weighted by Gasteiger charge is -2.10. The minimum absolute atomic E-state index is 0.588. The predicted octanol–water partition coefficient (Wildman–Crippen LogP) is 3.28. The largest absolute Gasteiger partial charge is 0.274 e. The van der Waals surface area contributed by atoms with Crippen LogP contribution in [0.5, 0.6) is 0 Å². The van der Waals surface area contributed by atoms with Crippen molar-refractivity contribution < 1.29 is 0 Å². The second-order valence-electron chi connectivity index (χ2n) is 4.26. The van der Waals surface area contributed by atoms with Crippen LogP contribution in [0.1, 0.15) is 24.2 Å². The normalized spacial score (nSPS) is 10.4. The molecule has 5 heteroatoms. The molecule has 1 aromatic heterocycles. The molecule has 0 spiro atoms. The summed E-state index contributed by atoms with van der Waals surface area (Å²) in [6, 6.07) is 10.4. The van der Waals surface area contributed by atoms with Gasteiger partial charge in [0.05, 0.1) is 11.8 Å². The van der Waals surface area contributed by atoms with E-state index in [0.29, 0.717) is 6.42 Å². The van der Waals surface area contributed by atoms with Crippen LogP contribution in [0, 0.1) is 25.2 Å². The van der Waals surface area contributed by atoms with E-state index in [1.54, 1.807) is 11.8 Å². The molecule has 4 nitrogen and oxygen atoms in total. The zero-order chi connectivity index (χ0) is 13.7. The van der Waals surface area contributed by atoms with Gasteiger partial charge in [0.25, 0.3) is 0 Å². The van der Waals surface area contributed by atoms with Crippen LogP contribution in [0.2, 0.25) is 0 Å². The van der Waals surface area contributed by atoms with E-state index >= 15 is 0 Å². The summed E-state index contributed by atoms with van der Waals surface area (Å²) in [7, 11) is 0. The average molecular weight is 272 g/mol. The second-order valence-corrected chi connectivity index (χ2v) is 5.32. The van der Waals surface area contributed by atoms with Gasteiger partial charge in [0.15, 0.2) is 5.16 Å². The summed E-state index contributed by atoms with van der Waals surface area (Å²) in [5, 5.41) is 17.8. The Hall–Kier alpha value is -1.80. The zero-order valence-electron chi connectivity index (χ0n) is 11.1. The van der Waals surface area contributed by atoms with E-state index in [2.05, 4.69) is 39.9 Å². The van der Waals surface area contributed by atoms with Crippen LogP contribution in [0.15, 0.2) is 29.4 Å². The van der Waals surface area contributed by atoms with Gasteiger partial charge in [-0.1, -0.05) is 30.0 Å². The van der Waals surface area contributed by atoms with Crippen molar-refractivity contribution in [3.05, 3.63) is 35.7 Å². The molecule has 0 aliphatic heterocycles. The highest BCUT2D eigenvalue weighted by Crippen LogP contribution is 2.24. The summed E-state index contributed by atoms with van der Waals surface area (Å²) >= 11 is 1.65. The Morgan fingerprint density at radius 2 is 2.05 bits per heavy atom. The molecule has 1 aromatic carbocycles. The number of thioether (sulfide) groups is 1. The second kappa shape index (κ2) is 6.39. The van der Waals surface area contributed by atoms with Crippen molar-refractivity contribution in [1.82, 2.24) is 14.8 Å². The van der Waals surface area contributed by atoms with E-state index in [1.807, 2.05) is 19.1 Å². The van der Waals surface area contributed by atoms with Crippen LogP contribution in [0.25, 0.3) is 5.69 Å². The Bertz CT molecular complexity index is 598. The highest BCUT2D eigenvalue weighted by atomic mass is 32.2. The summed E-state index contributed by atoms with van der Waals surface area (Å²) in [5.74, 6) is 1.77. The number of hydrogen-bond donors (Lipinski definition) is 0. The maximum Gasteiger partial charge on any atom is 0.195 e. The molecule has 19 heavy (non-hydrogen) atoms. The number of hydrogen-bond acceptors (Lipinski definition) is 4. The third-order valence-corrected chi connectivity index (χ3v) is 3.83. The van der Waals surface area contributed by atoms with Gasteiger partial charge >= 0.3 is 0 Å². The van der Waals surface area contributed by atoms with Gasteiger partial charge < -0.3 is 0 Å². The molecule has 0 bridgehead atoms. The van der Waals surface area contributed by atoms with Crippen LogP contribution < -0.4 is 0 Å². The minimum Gasteiger partial charge on any atom is -0.274 e.